The van der Waals surface area contributed by atoms with Crippen molar-refractivity contribution in [3.8, 4) is 0 Å². The van der Waals surface area contributed by atoms with Gasteiger partial charge in [-0.2, -0.15) is 0 Å². The van der Waals surface area contributed by atoms with Crippen LogP contribution in [0, 0.1) is 46.3 Å². The maximum atomic E-state index is 12.3. The summed E-state index contributed by atoms with van der Waals surface area (Å²) in [5, 5.41) is 22.0. The van der Waals surface area contributed by atoms with Crippen molar-refractivity contribution in [2.45, 2.75) is 124 Å². The van der Waals surface area contributed by atoms with E-state index in [0.29, 0.717) is 41.9 Å². The summed E-state index contributed by atoms with van der Waals surface area (Å²) in [5.74, 6) is 2.13. The highest BCUT2D eigenvalue weighted by molar-refractivity contribution is 5.76. The van der Waals surface area contributed by atoms with Gasteiger partial charge < -0.3 is 19.7 Å². The number of ether oxygens (including phenoxy) is 2. The lowest BCUT2D eigenvalue weighted by molar-refractivity contribution is -0.175. The third-order valence-corrected chi connectivity index (χ3v) is 11.1. The summed E-state index contributed by atoms with van der Waals surface area (Å²) in [6.45, 7) is 12.0. The Morgan fingerprint density at radius 3 is 2.39 bits per heavy atom. The minimum absolute atomic E-state index is 0.113. The number of hydrogen-bond acceptors (Lipinski definition) is 6. The monoisotopic (exact) mass is 506 g/mol. The Morgan fingerprint density at radius 1 is 0.972 bits per heavy atom. The van der Waals surface area contributed by atoms with Crippen molar-refractivity contribution in [1.29, 1.82) is 0 Å². The predicted molar refractivity (Wildman–Crippen MR) is 138 cm³/mol. The summed E-state index contributed by atoms with van der Waals surface area (Å²) in [6.07, 6.45) is 9.02. The molecule has 10 atom stereocenters. The zero-order valence-electron chi connectivity index (χ0n) is 23.4. The zero-order valence-corrected chi connectivity index (χ0v) is 23.4. The molecule has 0 bridgehead atoms. The van der Waals surface area contributed by atoms with Gasteiger partial charge in [-0.3, -0.25) is 4.79 Å². The molecule has 0 aliphatic heterocycles. The lowest BCUT2D eigenvalue weighted by atomic mass is 9.43. The van der Waals surface area contributed by atoms with Crippen molar-refractivity contribution in [3.05, 3.63) is 0 Å². The second kappa shape index (κ2) is 10.2. The summed E-state index contributed by atoms with van der Waals surface area (Å²) < 4.78 is 10.4. The molecule has 6 heteroatoms. The van der Waals surface area contributed by atoms with Gasteiger partial charge in [-0.05, 0) is 125 Å². The molecular formula is C30H50O6. The molecule has 0 radical (unpaired) electrons. The van der Waals surface area contributed by atoms with Crippen molar-refractivity contribution < 1.29 is 29.3 Å². The van der Waals surface area contributed by atoms with Crippen LogP contribution in [0.4, 0.5) is 0 Å². The average molecular weight is 507 g/mol. The fourth-order valence-corrected chi connectivity index (χ4v) is 9.29. The number of aliphatic hydroxyl groups is 2. The van der Waals surface area contributed by atoms with Gasteiger partial charge in [0.05, 0.1) is 12.2 Å². The third kappa shape index (κ3) is 5.23. The fraction of sp³-hybridized carbons (Fsp3) is 0.933. The van der Waals surface area contributed by atoms with Crippen molar-refractivity contribution in [2.24, 2.45) is 46.3 Å². The summed E-state index contributed by atoms with van der Waals surface area (Å²) in [5.41, 5.74) is -0.467. The molecule has 6 nitrogen and oxygen atoms in total. The van der Waals surface area contributed by atoms with Gasteiger partial charge >= 0.3 is 11.9 Å². The molecule has 0 aromatic heterocycles. The maximum Gasteiger partial charge on any atom is 0.344 e. The van der Waals surface area contributed by atoms with Gasteiger partial charge in [0.2, 0.25) is 0 Å². The van der Waals surface area contributed by atoms with E-state index >= 15 is 0 Å². The molecule has 206 valence electrons. The molecule has 4 fully saturated rings. The first-order valence-corrected chi connectivity index (χ1v) is 14.5. The molecule has 4 aliphatic carbocycles. The molecule has 0 spiro atoms. The number of aliphatic hydroxyl groups excluding tert-OH is 2. The number of fused-ring (bicyclic) bond motifs is 5. The van der Waals surface area contributed by atoms with E-state index in [1.54, 1.807) is 20.8 Å². The summed E-state index contributed by atoms with van der Waals surface area (Å²) in [4.78, 5) is 24.2. The van der Waals surface area contributed by atoms with Crippen LogP contribution >= 0.6 is 0 Å². The second-order valence-corrected chi connectivity index (χ2v) is 14.1. The number of carbonyl (C=O) groups excluding carboxylic acids is 2. The molecule has 4 rings (SSSR count). The average Bonchev–Trinajstić information content (AvgIpc) is 3.15. The van der Waals surface area contributed by atoms with Crippen molar-refractivity contribution in [2.75, 3.05) is 6.61 Å². The van der Waals surface area contributed by atoms with Crippen LogP contribution < -0.4 is 0 Å². The van der Waals surface area contributed by atoms with Crippen LogP contribution in [0.15, 0.2) is 0 Å². The Bertz CT molecular complexity index is 819. The smallest absolute Gasteiger partial charge is 0.344 e. The van der Waals surface area contributed by atoms with E-state index in [2.05, 4.69) is 20.8 Å². The van der Waals surface area contributed by atoms with E-state index < -0.39 is 11.6 Å². The molecule has 0 amide bonds. The molecule has 4 saturated carbocycles. The van der Waals surface area contributed by atoms with E-state index in [1.165, 1.54) is 12.8 Å². The number of hydrogen-bond donors (Lipinski definition) is 2. The Labute approximate surface area is 217 Å². The van der Waals surface area contributed by atoms with Crippen LogP contribution in [0.25, 0.3) is 0 Å². The second-order valence-electron chi connectivity index (χ2n) is 14.1. The molecule has 4 aliphatic rings. The summed E-state index contributed by atoms with van der Waals surface area (Å²) in [6, 6.07) is 0. The fourth-order valence-electron chi connectivity index (χ4n) is 9.29. The highest BCUT2D eigenvalue weighted by Crippen LogP contribution is 2.68. The largest absolute Gasteiger partial charge is 0.457 e. The molecular weight excluding hydrogens is 456 g/mol. The highest BCUT2D eigenvalue weighted by Gasteiger charge is 2.63. The first kappa shape index (κ1) is 27.9. The van der Waals surface area contributed by atoms with E-state index in [4.69, 9.17) is 9.47 Å². The minimum Gasteiger partial charge on any atom is -0.457 e. The van der Waals surface area contributed by atoms with Crippen molar-refractivity contribution in [1.82, 2.24) is 0 Å². The first-order chi connectivity index (χ1) is 16.8. The Kier molecular flexibility index (Phi) is 7.90. The van der Waals surface area contributed by atoms with Gasteiger partial charge in [0.1, 0.15) is 5.60 Å². The van der Waals surface area contributed by atoms with Gasteiger partial charge in [0.15, 0.2) is 6.61 Å². The number of carbonyl (C=O) groups is 2. The highest BCUT2D eigenvalue weighted by atomic mass is 16.6. The molecule has 0 saturated heterocycles. The zero-order chi connectivity index (χ0) is 26.5. The van der Waals surface area contributed by atoms with Gasteiger partial charge in [-0.25, -0.2) is 4.79 Å². The summed E-state index contributed by atoms with van der Waals surface area (Å²) in [7, 11) is 0. The lowest BCUT2D eigenvalue weighted by Crippen LogP contribution is -2.58. The van der Waals surface area contributed by atoms with Crippen LogP contribution in [0.5, 0.6) is 0 Å². The Hall–Kier alpha value is -1.14. The predicted octanol–water partition coefficient (Wildman–Crippen LogP) is 5.28. The molecule has 36 heavy (non-hydrogen) atoms. The van der Waals surface area contributed by atoms with Crippen LogP contribution in [0.2, 0.25) is 0 Å². The molecule has 0 aromatic carbocycles. The van der Waals surface area contributed by atoms with Crippen molar-refractivity contribution >= 4 is 11.9 Å². The van der Waals surface area contributed by atoms with E-state index in [9.17, 15) is 19.8 Å². The Balaban J connectivity index is 1.36. The number of rotatable bonds is 6. The van der Waals surface area contributed by atoms with Crippen molar-refractivity contribution in [3.63, 3.8) is 0 Å². The standard InChI is InChI=1S/C30H50O6/c1-18(7-12-26(33)35-17-27(34)36-28(2,3)4)22-10-11-23-21-9-8-19-15-20(31)13-14-29(19,5)24(21)16-25(32)30(22,23)6/h18-25,31-32H,7-17H2,1-6H3/t18?,19?,20?,21?,22?,23?,24?,25?,29-,30+/m0/s1. The van der Waals surface area contributed by atoms with Gasteiger partial charge in [0, 0.05) is 6.42 Å². The minimum atomic E-state index is -0.596. The molecule has 0 aromatic rings. The van der Waals surface area contributed by atoms with E-state index in [1.807, 2.05) is 0 Å². The Morgan fingerprint density at radius 2 is 1.69 bits per heavy atom. The van der Waals surface area contributed by atoms with Crippen LogP contribution in [0.1, 0.15) is 106 Å². The van der Waals surface area contributed by atoms with Gasteiger partial charge in [0.25, 0.3) is 0 Å². The van der Waals surface area contributed by atoms with Crippen LogP contribution in [0.3, 0.4) is 0 Å². The quantitative estimate of drug-likeness (QED) is 0.476. The number of esters is 2. The van der Waals surface area contributed by atoms with Crippen LogP contribution in [-0.2, 0) is 19.1 Å². The third-order valence-electron chi connectivity index (χ3n) is 11.1. The lowest BCUT2D eigenvalue weighted by Gasteiger charge is -2.62. The molecule has 0 heterocycles. The molecule has 2 N–H and O–H groups in total. The first-order valence-electron chi connectivity index (χ1n) is 14.5. The topological polar surface area (TPSA) is 93.1 Å². The van der Waals surface area contributed by atoms with Gasteiger partial charge in [-0.1, -0.05) is 20.8 Å². The SMILES string of the molecule is CC(CCC(=O)OCC(=O)OC(C)(C)C)C1CCC2C3CCC4CC(O)CC[C@]4(C)C3CC(O)[C@]12C. The molecule has 8 unspecified atom stereocenters. The van der Waals surface area contributed by atoms with E-state index in [-0.39, 0.29) is 42.0 Å². The van der Waals surface area contributed by atoms with Crippen LogP contribution in [-0.4, -0.2) is 46.6 Å². The van der Waals surface area contributed by atoms with E-state index in [0.717, 1.165) is 38.5 Å². The maximum absolute atomic E-state index is 12.3. The van der Waals surface area contributed by atoms with Gasteiger partial charge in [-0.15, -0.1) is 0 Å². The summed E-state index contributed by atoms with van der Waals surface area (Å²) >= 11 is 0. The normalized spacial score (nSPS) is 43.1.